The van der Waals surface area contributed by atoms with Crippen molar-refractivity contribution in [2.45, 2.75) is 19.4 Å². The van der Waals surface area contributed by atoms with E-state index in [1.807, 2.05) is 42.5 Å². The quantitative estimate of drug-likeness (QED) is 0.593. The van der Waals surface area contributed by atoms with E-state index in [9.17, 15) is 4.79 Å². The second-order valence-corrected chi connectivity index (χ2v) is 7.68. The van der Waals surface area contributed by atoms with Gasteiger partial charge in [0.25, 0.3) is 5.91 Å². The Balaban J connectivity index is 1.24. The van der Waals surface area contributed by atoms with Crippen LogP contribution in [0.5, 0.6) is 5.75 Å². The van der Waals surface area contributed by atoms with E-state index in [1.165, 1.54) is 24.0 Å². The average molecular weight is 401 g/mol. The number of ether oxygens (including phenoxy) is 1. The average Bonchev–Trinajstić information content (AvgIpc) is 3.32. The summed E-state index contributed by atoms with van der Waals surface area (Å²) in [5.74, 6) is 0.730. The fourth-order valence-electron chi connectivity index (χ4n) is 3.73. The Hall–Kier alpha value is -3.11. The summed E-state index contributed by atoms with van der Waals surface area (Å²) in [7, 11) is 0. The molecule has 1 fully saturated rings. The van der Waals surface area contributed by atoms with Crippen LogP contribution in [0.25, 0.3) is 11.1 Å². The molecule has 0 atom stereocenters. The van der Waals surface area contributed by atoms with Crippen molar-refractivity contribution >= 4 is 5.91 Å². The van der Waals surface area contributed by atoms with Gasteiger partial charge < -0.3 is 15.0 Å². The molecule has 4 rings (SSSR count). The van der Waals surface area contributed by atoms with E-state index in [4.69, 9.17) is 4.74 Å². The Morgan fingerprint density at radius 3 is 2.20 bits per heavy atom. The largest absolute Gasteiger partial charge is 0.489 e. The van der Waals surface area contributed by atoms with Crippen LogP contribution in [0.4, 0.5) is 0 Å². The van der Waals surface area contributed by atoms with Crippen LogP contribution in [0.1, 0.15) is 28.8 Å². The summed E-state index contributed by atoms with van der Waals surface area (Å²) in [5.41, 5.74) is 4.17. The van der Waals surface area contributed by atoms with Gasteiger partial charge in [0.1, 0.15) is 12.4 Å². The van der Waals surface area contributed by atoms with Crippen molar-refractivity contribution in [3.8, 4) is 16.9 Å². The highest BCUT2D eigenvalue weighted by Crippen LogP contribution is 2.20. The summed E-state index contributed by atoms with van der Waals surface area (Å²) in [5, 5.41) is 3.00. The predicted molar refractivity (Wildman–Crippen MR) is 121 cm³/mol. The van der Waals surface area contributed by atoms with Crippen molar-refractivity contribution in [3.05, 3.63) is 90.0 Å². The van der Waals surface area contributed by atoms with Crippen LogP contribution in [0.3, 0.4) is 0 Å². The summed E-state index contributed by atoms with van der Waals surface area (Å²) < 4.78 is 5.88. The van der Waals surface area contributed by atoms with E-state index < -0.39 is 0 Å². The SMILES string of the molecule is O=C(NCCN1CCCC1)c1ccc(OCc2ccc(-c3ccccc3)cc2)cc1. The summed E-state index contributed by atoms with van der Waals surface area (Å²) in [6.07, 6.45) is 2.54. The zero-order valence-corrected chi connectivity index (χ0v) is 17.2. The van der Waals surface area contributed by atoms with Gasteiger partial charge in [-0.25, -0.2) is 0 Å². The van der Waals surface area contributed by atoms with E-state index in [-0.39, 0.29) is 5.91 Å². The molecule has 0 unspecified atom stereocenters. The molecule has 1 saturated heterocycles. The molecular formula is C26H28N2O2. The molecule has 0 aromatic heterocycles. The number of amides is 1. The van der Waals surface area contributed by atoms with E-state index in [1.54, 1.807) is 0 Å². The van der Waals surface area contributed by atoms with Crippen molar-refractivity contribution < 1.29 is 9.53 Å². The predicted octanol–water partition coefficient (Wildman–Crippen LogP) is 4.76. The number of nitrogens with one attached hydrogen (secondary N) is 1. The molecule has 1 N–H and O–H groups in total. The van der Waals surface area contributed by atoms with Gasteiger partial charge >= 0.3 is 0 Å². The molecule has 1 heterocycles. The fourth-order valence-corrected chi connectivity index (χ4v) is 3.73. The maximum absolute atomic E-state index is 12.3. The first-order valence-corrected chi connectivity index (χ1v) is 10.7. The van der Waals surface area contributed by atoms with Gasteiger partial charge in [-0.2, -0.15) is 0 Å². The lowest BCUT2D eigenvalue weighted by molar-refractivity contribution is 0.0949. The highest BCUT2D eigenvalue weighted by Gasteiger charge is 2.11. The number of benzene rings is 3. The van der Waals surface area contributed by atoms with Gasteiger partial charge in [0, 0.05) is 18.7 Å². The Morgan fingerprint density at radius 2 is 1.50 bits per heavy atom. The molecule has 154 valence electrons. The van der Waals surface area contributed by atoms with E-state index in [0.717, 1.165) is 30.9 Å². The van der Waals surface area contributed by atoms with Gasteiger partial charge in [0.2, 0.25) is 0 Å². The molecule has 30 heavy (non-hydrogen) atoms. The lowest BCUT2D eigenvalue weighted by atomic mass is 10.0. The van der Waals surface area contributed by atoms with Crippen molar-refractivity contribution in [1.82, 2.24) is 10.2 Å². The number of rotatable bonds is 8. The smallest absolute Gasteiger partial charge is 0.251 e. The molecule has 1 aliphatic heterocycles. The minimum Gasteiger partial charge on any atom is -0.489 e. The number of carbonyl (C=O) groups is 1. The maximum atomic E-state index is 12.3. The van der Waals surface area contributed by atoms with Gasteiger partial charge in [-0.1, -0.05) is 54.6 Å². The second kappa shape index (κ2) is 10.1. The lowest BCUT2D eigenvalue weighted by Crippen LogP contribution is -2.33. The fraction of sp³-hybridized carbons (Fsp3) is 0.269. The van der Waals surface area contributed by atoms with Gasteiger partial charge in [0.05, 0.1) is 0 Å². The molecule has 0 bridgehead atoms. The molecule has 4 heteroatoms. The second-order valence-electron chi connectivity index (χ2n) is 7.68. The topological polar surface area (TPSA) is 41.6 Å². The summed E-state index contributed by atoms with van der Waals surface area (Å²) >= 11 is 0. The summed E-state index contributed by atoms with van der Waals surface area (Å²) in [6, 6.07) is 26.1. The molecule has 3 aromatic carbocycles. The molecule has 1 amide bonds. The first-order chi connectivity index (χ1) is 14.8. The van der Waals surface area contributed by atoms with Crippen LogP contribution < -0.4 is 10.1 Å². The van der Waals surface area contributed by atoms with E-state index >= 15 is 0 Å². The number of hydrogen-bond acceptors (Lipinski definition) is 3. The highest BCUT2D eigenvalue weighted by atomic mass is 16.5. The van der Waals surface area contributed by atoms with Crippen LogP contribution in [0.2, 0.25) is 0 Å². The molecular weight excluding hydrogens is 372 g/mol. The Kier molecular flexibility index (Phi) is 6.78. The van der Waals surface area contributed by atoms with Crippen LogP contribution in [-0.4, -0.2) is 37.0 Å². The number of carbonyl (C=O) groups excluding carboxylic acids is 1. The third-order valence-electron chi connectivity index (χ3n) is 5.50. The number of hydrogen-bond donors (Lipinski definition) is 1. The molecule has 0 aliphatic carbocycles. The van der Waals surface area contributed by atoms with Gasteiger partial charge in [-0.05, 0) is 66.9 Å². The first kappa shape index (κ1) is 20.2. The molecule has 0 radical (unpaired) electrons. The van der Waals surface area contributed by atoms with Gasteiger partial charge in [0.15, 0.2) is 0 Å². The standard InChI is InChI=1S/C26H28N2O2/c29-26(27-16-19-28-17-4-5-18-28)24-12-14-25(15-13-24)30-20-21-8-10-23(11-9-21)22-6-2-1-3-7-22/h1-3,6-15H,4-5,16-20H2,(H,27,29). The molecule has 0 saturated carbocycles. The van der Waals surface area contributed by atoms with E-state index in [0.29, 0.717) is 18.7 Å². The Morgan fingerprint density at radius 1 is 0.833 bits per heavy atom. The molecule has 1 aliphatic rings. The minimum atomic E-state index is -0.0303. The monoisotopic (exact) mass is 400 g/mol. The molecule has 0 spiro atoms. The third-order valence-corrected chi connectivity index (χ3v) is 5.50. The van der Waals surface area contributed by atoms with Crippen molar-refractivity contribution in [2.24, 2.45) is 0 Å². The lowest BCUT2D eigenvalue weighted by Gasteiger charge is -2.14. The first-order valence-electron chi connectivity index (χ1n) is 10.7. The van der Waals surface area contributed by atoms with Crippen LogP contribution >= 0.6 is 0 Å². The molecule has 4 nitrogen and oxygen atoms in total. The Bertz CT molecular complexity index is 931. The van der Waals surface area contributed by atoms with Crippen molar-refractivity contribution in [3.63, 3.8) is 0 Å². The Labute approximate surface area is 178 Å². The van der Waals surface area contributed by atoms with Gasteiger partial charge in [-0.3, -0.25) is 4.79 Å². The van der Waals surface area contributed by atoms with Crippen LogP contribution in [-0.2, 0) is 6.61 Å². The third kappa shape index (κ3) is 5.49. The zero-order chi connectivity index (χ0) is 20.6. The van der Waals surface area contributed by atoms with Crippen LogP contribution in [0.15, 0.2) is 78.9 Å². The highest BCUT2D eigenvalue weighted by molar-refractivity contribution is 5.94. The number of nitrogens with zero attached hydrogens (tertiary/aromatic N) is 1. The summed E-state index contributed by atoms with van der Waals surface area (Å²) in [6.45, 7) is 4.41. The van der Waals surface area contributed by atoms with E-state index in [2.05, 4.69) is 46.6 Å². The summed E-state index contributed by atoms with van der Waals surface area (Å²) in [4.78, 5) is 14.7. The van der Waals surface area contributed by atoms with Crippen molar-refractivity contribution in [1.29, 1.82) is 0 Å². The van der Waals surface area contributed by atoms with Crippen LogP contribution in [0, 0.1) is 0 Å². The number of likely N-dealkylation sites (tertiary alicyclic amines) is 1. The maximum Gasteiger partial charge on any atom is 0.251 e. The van der Waals surface area contributed by atoms with Crippen molar-refractivity contribution in [2.75, 3.05) is 26.2 Å². The van der Waals surface area contributed by atoms with Gasteiger partial charge in [-0.15, -0.1) is 0 Å². The zero-order valence-electron chi connectivity index (χ0n) is 17.2. The minimum absolute atomic E-state index is 0.0303. The normalized spacial score (nSPS) is 13.9. The molecule has 3 aromatic rings.